The fraction of sp³-hybridized carbons (Fsp3) is 0.750. The highest BCUT2D eigenvalue weighted by atomic mass is 16.7. The van der Waals surface area contributed by atoms with Crippen molar-refractivity contribution in [2.45, 2.75) is 58.4 Å². The van der Waals surface area contributed by atoms with Crippen molar-refractivity contribution in [3.8, 4) is 0 Å². The molecule has 20 heavy (non-hydrogen) atoms. The third-order valence-electron chi connectivity index (χ3n) is 2.65. The molecule has 0 aromatic carbocycles. The molecule has 114 valence electrons. The highest BCUT2D eigenvalue weighted by molar-refractivity contribution is 5.68. The molecule has 1 N–H and O–H groups in total. The molecular weight excluding hydrogens is 272 g/mol. The summed E-state index contributed by atoms with van der Waals surface area (Å²) < 4.78 is 20.1. The van der Waals surface area contributed by atoms with Crippen LogP contribution in [-0.2, 0) is 33.3 Å². The van der Waals surface area contributed by atoms with Crippen LogP contribution < -0.4 is 0 Å². The molecule has 5 atom stereocenters. The van der Waals surface area contributed by atoms with Crippen molar-refractivity contribution in [2.75, 3.05) is 0 Å². The molecule has 0 aromatic heterocycles. The number of aliphatic hydroxyl groups is 1. The van der Waals surface area contributed by atoms with Crippen LogP contribution in [0.5, 0.6) is 0 Å². The van der Waals surface area contributed by atoms with Crippen LogP contribution in [0.3, 0.4) is 0 Å². The molecule has 3 unspecified atom stereocenters. The Morgan fingerprint density at radius 2 is 1.25 bits per heavy atom. The Labute approximate surface area is 115 Å². The molecule has 0 bridgehead atoms. The number of aliphatic hydroxyl groups excluding tert-OH is 1. The summed E-state index contributed by atoms with van der Waals surface area (Å²) in [6.45, 7) is 5.01. The van der Waals surface area contributed by atoms with Gasteiger partial charge in [0.15, 0.2) is 24.6 Å². The summed E-state index contributed by atoms with van der Waals surface area (Å²) in [6, 6.07) is 0. The molecule has 8 heteroatoms. The lowest BCUT2D eigenvalue weighted by Gasteiger charge is -2.41. The van der Waals surface area contributed by atoms with Gasteiger partial charge in [0.1, 0.15) is 0 Å². The zero-order chi connectivity index (χ0) is 15.4. The zero-order valence-electron chi connectivity index (χ0n) is 11.7. The minimum absolute atomic E-state index is 0.611. The van der Waals surface area contributed by atoms with E-state index in [0.29, 0.717) is 0 Å². The van der Waals surface area contributed by atoms with Crippen molar-refractivity contribution in [3.63, 3.8) is 0 Å². The first-order valence-electron chi connectivity index (χ1n) is 6.07. The first-order valence-corrected chi connectivity index (χ1v) is 6.07. The molecule has 1 heterocycles. The van der Waals surface area contributed by atoms with Crippen molar-refractivity contribution in [2.24, 2.45) is 0 Å². The minimum Gasteiger partial charge on any atom is -0.456 e. The van der Waals surface area contributed by atoms with Gasteiger partial charge in [0.2, 0.25) is 0 Å². The summed E-state index contributed by atoms with van der Waals surface area (Å²) in [7, 11) is 0. The van der Waals surface area contributed by atoms with E-state index >= 15 is 0 Å². The molecule has 0 spiro atoms. The molecule has 8 nitrogen and oxygen atoms in total. The maximum Gasteiger partial charge on any atom is 0.303 e. The van der Waals surface area contributed by atoms with Gasteiger partial charge in [-0.2, -0.15) is 0 Å². The molecule has 0 amide bonds. The van der Waals surface area contributed by atoms with E-state index in [4.69, 9.17) is 18.9 Å². The number of carbonyl (C=O) groups is 3. The average Bonchev–Trinajstić information content (AvgIpc) is 2.27. The van der Waals surface area contributed by atoms with Crippen LogP contribution in [0.25, 0.3) is 0 Å². The van der Waals surface area contributed by atoms with Crippen LogP contribution in [0.4, 0.5) is 0 Å². The van der Waals surface area contributed by atoms with Gasteiger partial charge in [0.05, 0.1) is 6.10 Å². The first kappa shape index (κ1) is 16.4. The Balaban J connectivity index is 3.01. The molecule has 1 rings (SSSR count). The van der Waals surface area contributed by atoms with Crippen LogP contribution in [0.1, 0.15) is 27.7 Å². The van der Waals surface area contributed by atoms with E-state index in [0.717, 1.165) is 13.8 Å². The molecule has 0 aliphatic carbocycles. The van der Waals surface area contributed by atoms with Crippen LogP contribution in [-0.4, -0.2) is 53.7 Å². The van der Waals surface area contributed by atoms with Crippen molar-refractivity contribution < 1.29 is 38.4 Å². The molecule has 0 saturated carbocycles. The molecule has 1 aliphatic heterocycles. The van der Waals surface area contributed by atoms with Gasteiger partial charge in [-0.1, -0.05) is 0 Å². The molecule has 0 radical (unpaired) electrons. The zero-order valence-corrected chi connectivity index (χ0v) is 11.7. The SMILES string of the molecule is CC(=O)OC1C(OC(C)=O)[C@H](O)OC(C)[C@@H]1OC(C)=O. The van der Waals surface area contributed by atoms with E-state index in [9.17, 15) is 19.5 Å². The third kappa shape index (κ3) is 4.17. The Kier molecular flexibility index (Phi) is 5.46. The molecule has 1 fully saturated rings. The van der Waals surface area contributed by atoms with E-state index in [2.05, 4.69) is 0 Å². The normalized spacial score (nSPS) is 33.1. The Bertz CT molecular complexity index is 365. The van der Waals surface area contributed by atoms with Crippen molar-refractivity contribution >= 4 is 17.9 Å². The van der Waals surface area contributed by atoms with Crippen molar-refractivity contribution in [3.05, 3.63) is 0 Å². The predicted molar refractivity (Wildman–Crippen MR) is 63.2 cm³/mol. The van der Waals surface area contributed by atoms with Gasteiger partial charge in [-0.25, -0.2) is 0 Å². The maximum absolute atomic E-state index is 11.2. The predicted octanol–water partition coefficient (Wildman–Crippen LogP) is -0.481. The quantitative estimate of drug-likeness (QED) is 0.548. The van der Waals surface area contributed by atoms with E-state index in [1.165, 1.54) is 13.8 Å². The number of hydrogen-bond donors (Lipinski definition) is 1. The van der Waals surface area contributed by atoms with Gasteiger partial charge in [0, 0.05) is 20.8 Å². The summed E-state index contributed by atoms with van der Waals surface area (Å²) >= 11 is 0. The van der Waals surface area contributed by atoms with Gasteiger partial charge in [0.25, 0.3) is 0 Å². The number of esters is 3. The molecule has 1 saturated heterocycles. The number of rotatable bonds is 3. The van der Waals surface area contributed by atoms with Gasteiger partial charge >= 0.3 is 17.9 Å². The van der Waals surface area contributed by atoms with E-state index in [1.54, 1.807) is 0 Å². The monoisotopic (exact) mass is 290 g/mol. The van der Waals surface area contributed by atoms with Crippen LogP contribution >= 0.6 is 0 Å². The maximum atomic E-state index is 11.2. The number of ether oxygens (including phenoxy) is 4. The standard InChI is InChI=1S/C12H18O8/c1-5-9(18-6(2)13)10(19-7(3)14)11(12(16)17-5)20-8(4)15/h5,9-12,16H,1-4H3/t5?,9-,10?,11?,12+/m0/s1. The Hall–Kier alpha value is -1.67. The lowest BCUT2D eigenvalue weighted by Crippen LogP contribution is -2.60. The lowest BCUT2D eigenvalue weighted by molar-refractivity contribution is -0.288. The van der Waals surface area contributed by atoms with Crippen LogP contribution in [0.2, 0.25) is 0 Å². The lowest BCUT2D eigenvalue weighted by atomic mass is 9.99. The molecular formula is C12H18O8. The Morgan fingerprint density at radius 1 is 0.850 bits per heavy atom. The smallest absolute Gasteiger partial charge is 0.303 e. The van der Waals surface area contributed by atoms with Crippen molar-refractivity contribution in [1.82, 2.24) is 0 Å². The van der Waals surface area contributed by atoms with E-state index < -0.39 is 48.6 Å². The highest BCUT2D eigenvalue weighted by Gasteiger charge is 2.49. The molecule has 1 aliphatic rings. The molecule has 0 aromatic rings. The first-order chi connectivity index (χ1) is 9.22. The fourth-order valence-electron chi connectivity index (χ4n) is 1.99. The van der Waals surface area contributed by atoms with Gasteiger partial charge < -0.3 is 24.1 Å². The third-order valence-corrected chi connectivity index (χ3v) is 2.65. The van der Waals surface area contributed by atoms with Crippen molar-refractivity contribution in [1.29, 1.82) is 0 Å². The second kappa shape index (κ2) is 6.67. The van der Waals surface area contributed by atoms with Gasteiger partial charge in [-0.05, 0) is 6.92 Å². The second-order valence-corrected chi connectivity index (χ2v) is 4.45. The largest absolute Gasteiger partial charge is 0.456 e. The summed E-state index contributed by atoms with van der Waals surface area (Å²) in [5.74, 6) is -1.96. The van der Waals surface area contributed by atoms with E-state index in [-0.39, 0.29) is 0 Å². The second-order valence-electron chi connectivity index (χ2n) is 4.45. The summed E-state index contributed by atoms with van der Waals surface area (Å²) in [4.78, 5) is 33.3. The average molecular weight is 290 g/mol. The summed E-state index contributed by atoms with van der Waals surface area (Å²) in [6.07, 6.45) is -5.60. The summed E-state index contributed by atoms with van der Waals surface area (Å²) in [5.41, 5.74) is 0. The van der Waals surface area contributed by atoms with E-state index in [1.807, 2.05) is 0 Å². The van der Waals surface area contributed by atoms with Crippen LogP contribution in [0, 0.1) is 0 Å². The Morgan fingerprint density at radius 3 is 1.70 bits per heavy atom. The number of hydrogen-bond acceptors (Lipinski definition) is 8. The number of carbonyl (C=O) groups excluding carboxylic acids is 3. The fourth-order valence-corrected chi connectivity index (χ4v) is 1.99. The van der Waals surface area contributed by atoms with Crippen LogP contribution in [0.15, 0.2) is 0 Å². The van der Waals surface area contributed by atoms with Gasteiger partial charge in [-0.15, -0.1) is 0 Å². The minimum atomic E-state index is -1.48. The summed E-state index contributed by atoms with van der Waals surface area (Å²) in [5, 5.41) is 9.79. The van der Waals surface area contributed by atoms with Gasteiger partial charge in [-0.3, -0.25) is 14.4 Å². The topological polar surface area (TPSA) is 108 Å². The highest BCUT2D eigenvalue weighted by Crippen LogP contribution is 2.27.